The number of rotatable bonds is 15. The van der Waals surface area contributed by atoms with E-state index >= 15 is 0 Å². The van der Waals surface area contributed by atoms with Gasteiger partial charge in [0.25, 0.3) is 0 Å². The fourth-order valence-corrected chi connectivity index (χ4v) is 2.77. The molecule has 0 saturated carbocycles. The number of amides is 1. The van der Waals surface area contributed by atoms with Crippen LogP contribution in [0.15, 0.2) is 0 Å². The Hall–Kier alpha value is -1.22. The first-order chi connectivity index (χ1) is 14.1. The van der Waals surface area contributed by atoms with Crippen molar-refractivity contribution in [3.63, 3.8) is 0 Å². The maximum Gasteiger partial charge on any atom is 0.404 e. The third-order valence-corrected chi connectivity index (χ3v) is 4.70. The Morgan fingerprint density at radius 2 is 1.70 bits per heavy atom. The number of aliphatic hydroxyl groups is 1. The van der Waals surface area contributed by atoms with E-state index in [-0.39, 0.29) is 12.1 Å². The van der Waals surface area contributed by atoms with Crippen LogP contribution < -0.4 is 16.0 Å². The molecule has 0 aliphatic rings. The highest BCUT2D eigenvalue weighted by molar-refractivity contribution is 5.64. The Morgan fingerprint density at radius 3 is 2.13 bits per heavy atom. The fourth-order valence-electron chi connectivity index (χ4n) is 2.77. The summed E-state index contributed by atoms with van der Waals surface area (Å²) < 4.78 is 0. The van der Waals surface area contributed by atoms with Crippen molar-refractivity contribution in [1.29, 1.82) is 0 Å². The molecule has 0 spiro atoms. The Bertz CT molecular complexity index is 382. The lowest BCUT2D eigenvalue weighted by atomic mass is 10.0. The topological polar surface area (TPSA) is 114 Å². The van der Waals surface area contributed by atoms with Gasteiger partial charge in [0.1, 0.15) is 6.79 Å². The first kappa shape index (κ1) is 33.4. The van der Waals surface area contributed by atoms with Gasteiger partial charge in [-0.05, 0) is 65.2 Å². The second-order valence-electron chi connectivity index (χ2n) is 8.54. The number of nitrogens with zero attached hydrogens (tertiary/aromatic N) is 1. The Labute approximate surface area is 185 Å². The summed E-state index contributed by atoms with van der Waals surface area (Å²) in [4.78, 5) is 20.4. The van der Waals surface area contributed by atoms with E-state index in [1.165, 1.54) is 0 Å². The van der Waals surface area contributed by atoms with Crippen molar-refractivity contribution in [1.82, 2.24) is 20.9 Å². The maximum absolute atomic E-state index is 10.2. The number of hydrogen-bond donors (Lipinski definition) is 5. The third-order valence-electron chi connectivity index (χ3n) is 4.70. The maximum atomic E-state index is 10.2. The number of likely N-dealkylation sites (N-methyl/N-ethyl adjacent to an activating group) is 2. The van der Waals surface area contributed by atoms with Crippen molar-refractivity contribution in [2.24, 2.45) is 11.8 Å². The van der Waals surface area contributed by atoms with E-state index < -0.39 is 6.09 Å². The normalized spacial score (nSPS) is 11.9. The van der Waals surface area contributed by atoms with E-state index in [4.69, 9.17) is 15.0 Å². The van der Waals surface area contributed by atoms with Crippen LogP contribution in [-0.2, 0) is 4.79 Å². The second kappa shape index (κ2) is 22.5. The monoisotopic (exact) mass is 434 g/mol. The Morgan fingerprint density at radius 1 is 1.10 bits per heavy atom. The SMILES string of the molecule is C=O.CC(C)CNCC(C)CCCCNC(=O)O.CCN(CCNC)C(C)(C)CO. The van der Waals surface area contributed by atoms with Crippen LogP contribution in [-0.4, -0.2) is 86.5 Å². The summed E-state index contributed by atoms with van der Waals surface area (Å²) in [5.41, 5.74) is -0.0917. The van der Waals surface area contributed by atoms with Gasteiger partial charge in [-0.25, -0.2) is 4.79 Å². The van der Waals surface area contributed by atoms with Gasteiger partial charge in [-0.1, -0.05) is 34.1 Å². The molecule has 0 rings (SSSR count). The van der Waals surface area contributed by atoms with Gasteiger partial charge in [0.15, 0.2) is 0 Å². The predicted molar refractivity (Wildman–Crippen MR) is 126 cm³/mol. The van der Waals surface area contributed by atoms with E-state index in [0.29, 0.717) is 18.4 Å². The molecule has 0 aromatic heterocycles. The van der Waals surface area contributed by atoms with Gasteiger partial charge in [0.05, 0.1) is 6.61 Å². The largest absolute Gasteiger partial charge is 0.465 e. The highest BCUT2D eigenvalue weighted by Crippen LogP contribution is 2.11. The van der Waals surface area contributed by atoms with E-state index in [1.807, 2.05) is 13.8 Å². The molecule has 182 valence electrons. The predicted octanol–water partition coefficient (Wildman–Crippen LogP) is 2.42. The summed E-state index contributed by atoms with van der Waals surface area (Å²) in [6.07, 6.45) is 2.25. The lowest BCUT2D eigenvalue weighted by Gasteiger charge is -2.36. The number of hydrogen-bond acceptors (Lipinski definition) is 6. The van der Waals surface area contributed by atoms with Crippen molar-refractivity contribution in [3.8, 4) is 0 Å². The van der Waals surface area contributed by atoms with Gasteiger partial charge in [-0.2, -0.15) is 0 Å². The van der Waals surface area contributed by atoms with Crippen LogP contribution in [0.4, 0.5) is 4.79 Å². The molecule has 1 atom stereocenters. The number of carboxylic acid groups (broad SMARTS) is 1. The first-order valence-electron chi connectivity index (χ1n) is 11.1. The molecule has 1 unspecified atom stereocenters. The van der Waals surface area contributed by atoms with Gasteiger partial charge in [-0.15, -0.1) is 0 Å². The summed E-state index contributed by atoms with van der Waals surface area (Å²) in [7, 11) is 1.94. The standard InChI is InChI=1S/C12H26N2O2.C9H22N2O.CH2O/c1-10(2)8-13-9-11(3)6-4-5-7-14-12(15)16;1-5-11(7-6-10-4)9(2,3)8-12;1-2/h10-11,13-14H,4-9H2,1-3H3,(H,15,16);10,12H,5-8H2,1-4H3;1H2. The van der Waals surface area contributed by atoms with Crippen LogP contribution in [0.25, 0.3) is 0 Å². The van der Waals surface area contributed by atoms with Gasteiger partial charge in [0.2, 0.25) is 0 Å². The molecule has 0 aliphatic heterocycles. The molecule has 0 fully saturated rings. The molecule has 8 nitrogen and oxygen atoms in total. The molecule has 0 aromatic rings. The first-order valence-corrected chi connectivity index (χ1v) is 11.1. The van der Waals surface area contributed by atoms with Crippen molar-refractivity contribution in [2.75, 3.05) is 52.9 Å². The molecule has 0 aliphatic carbocycles. The third kappa shape index (κ3) is 23.1. The number of nitrogens with one attached hydrogen (secondary N) is 3. The zero-order valence-corrected chi connectivity index (χ0v) is 20.6. The Balaban J connectivity index is -0.000000464. The minimum Gasteiger partial charge on any atom is -0.465 e. The molecule has 0 radical (unpaired) electrons. The lowest BCUT2D eigenvalue weighted by Crippen LogP contribution is -2.48. The molecule has 0 bridgehead atoms. The van der Waals surface area contributed by atoms with E-state index in [2.05, 4.69) is 62.4 Å². The number of unbranched alkanes of at least 4 members (excludes halogenated alkanes) is 1. The van der Waals surface area contributed by atoms with Crippen LogP contribution in [0.5, 0.6) is 0 Å². The van der Waals surface area contributed by atoms with Crippen molar-refractivity contribution >= 4 is 12.9 Å². The van der Waals surface area contributed by atoms with Crippen LogP contribution >= 0.6 is 0 Å². The lowest BCUT2D eigenvalue weighted by molar-refractivity contribution is -0.0980. The van der Waals surface area contributed by atoms with Gasteiger partial charge in [0, 0.05) is 25.2 Å². The molecule has 30 heavy (non-hydrogen) atoms. The summed E-state index contributed by atoms with van der Waals surface area (Å²) in [5, 5.41) is 26.4. The number of aliphatic hydroxyl groups excluding tert-OH is 1. The quantitative estimate of drug-likeness (QED) is 0.252. The van der Waals surface area contributed by atoms with Crippen LogP contribution in [0.2, 0.25) is 0 Å². The summed E-state index contributed by atoms with van der Waals surface area (Å²) >= 11 is 0. The summed E-state index contributed by atoms with van der Waals surface area (Å²) in [6.45, 7) is 20.7. The van der Waals surface area contributed by atoms with Gasteiger partial charge < -0.3 is 31.0 Å². The molecule has 0 heterocycles. The smallest absolute Gasteiger partial charge is 0.404 e. The summed E-state index contributed by atoms with van der Waals surface area (Å²) in [5.74, 6) is 1.37. The molecular weight excluding hydrogens is 384 g/mol. The van der Waals surface area contributed by atoms with Crippen molar-refractivity contribution in [2.45, 2.75) is 66.3 Å². The zero-order valence-electron chi connectivity index (χ0n) is 20.6. The molecule has 5 N–H and O–H groups in total. The van der Waals surface area contributed by atoms with Crippen LogP contribution in [0.3, 0.4) is 0 Å². The van der Waals surface area contributed by atoms with E-state index in [0.717, 1.165) is 52.0 Å². The van der Waals surface area contributed by atoms with Crippen LogP contribution in [0, 0.1) is 11.8 Å². The average molecular weight is 435 g/mol. The zero-order chi connectivity index (χ0) is 24.0. The summed E-state index contributed by atoms with van der Waals surface area (Å²) in [6, 6.07) is 0. The van der Waals surface area contributed by atoms with Gasteiger partial charge >= 0.3 is 6.09 Å². The number of carbonyl (C=O) groups is 2. The fraction of sp³-hybridized carbons (Fsp3) is 0.909. The average Bonchev–Trinajstić information content (AvgIpc) is 2.69. The molecule has 0 saturated heterocycles. The molecule has 8 heteroatoms. The second-order valence-corrected chi connectivity index (χ2v) is 8.54. The number of carbonyl (C=O) groups excluding carboxylic acids is 1. The van der Waals surface area contributed by atoms with Crippen LogP contribution in [0.1, 0.15) is 60.8 Å². The highest BCUT2D eigenvalue weighted by Gasteiger charge is 2.23. The van der Waals surface area contributed by atoms with Crippen molar-refractivity contribution in [3.05, 3.63) is 0 Å². The minimum atomic E-state index is -0.924. The van der Waals surface area contributed by atoms with Crippen molar-refractivity contribution < 1.29 is 19.8 Å². The highest BCUT2D eigenvalue weighted by atomic mass is 16.4. The molecular formula is C22H50N4O4. The Kier molecular flexibility index (Phi) is 25.0. The molecule has 0 aromatic carbocycles. The van der Waals surface area contributed by atoms with E-state index in [1.54, 1.807) is 0 Å². The van der Waals surface area contributed by atoms with Gasteiger partial charge in [-0.3, -0.25) is 4.90 Å². The minimum absolute atomic E-state index is 0.0917. The molecule has 1 amide bonds. The van der Waals surface area contributed by atoms with E-state index in [9.17, 15) is 4.79 Å².